The fourth-order valence-electron chi connectivity index (χ4n) is 4.16. The molecule has 1 aliphatic heterocycles. The molecule has 6 heteroatoms. The molecule has 1 saturated carbocycles. The third-order valence-electron chi connectivity index (χ3n) is 5.78. The summed E-state index contributed by atoms with van der Waals surface area (Å²) < 4.78 is 5.35. The molecule has 0 bridgehead atoms. The maximum atomic E-state index is 11.0. The van der Waals surface area contributed by atoms with E-state index >= 15 is 0 Å². The van der Waals surface area contributed by atoms with Crippen molar-refractivity contribution in [3.63, 3.8) is 0 Å². The molecule has 138 valence electrons. The summed E-state index contributed by atoms with van der Waals surface area (Å²) >= 11 is 0. The van der Waals surface area contributed by atoms with Crippen molar-refractivity contribution in [1.29, 1.82) is 0 Å². The molecule has 3 rings (SSSR count). The van der Waals surface area contributed by atoms with E-state index in [1.54, 1.807) is 19.2 Å². The third kappa shape index (κ3) is 4.42. The molecule has 0 radical (unpaired) electrons. The molecule has 1 N–H and O–H groups in total. The van der Waals surface area contributed by atoms with Gasteiger partial charge in [0, 0.05) is 37.3 Å². The number of anilines is 1. The maximum Gasteiger partial charge on any atom is 0.271 e. The van der Waals surface area contributed by atoms with E-state index in [4.69, 9.17) is 4.74 Å². The Labute approximate surface area is 149 Å². The first kappa shape index (κ1) is 18.0. The molecular formula is C19H29N3O3. The first-order chi connectivity index (χ1) is 12.1. The van der Waals surface area contributed by atoms with Gasteiger partial charge in [-0.3, -0.25) is 10.1 Å². The second-order valence-corrected chi connectivity index (χ2v) is 7.51. The average Bonchev–Trinajstić information content (AvgIpc) is 2.63. The van der Waals surface area contributed by atoms with Crippen LogP contribution in [0.4, 0.5) is 11.4 Å². The smallest absolute Gasteiger partial charge is 0.271 e. The molecule has 0 aromatic heterocycles. The van der Waals surface area contributed by atoms with Gasteiger partial charge in [0.25, 0.3) is 5.69 Å². The lowest BCUT2D eigenvalue weighted by molar-refractivity contribution is -0.384. The highest BCUT2D eigenvalue weighted by Crippen LogP contribution is 2.32. The van der Waals surface area contributed by atoms with Crippen molar-refractivity contribution in [3.8, 4) is 5.75 Å². The third-order valence-corrected chi connectivity index (χ3v) is 5.78. The normalized spacial score (nSPS) is 25.5. The lowest BCUT2D eigenvalue weighted by Gasteiger charge is -2.40. The van der Waals surface area contributed by atoms with E-state index in [-0.39, 0.29) is 10.6 Å². The number of nitro groups is 1. The van der Waals surface area contributed by atoms with Crippen molar-refractivity contribution < 1.29 is 9.66 Å². The van der Waals surface area contributed by atoms with Gasteiger partial charge >= 0.3 is 0 Å². The minimum Gasteiger partial charge on any atom is -0.495 e. The number of hydrogen-bond acceptors (Lipinski definition) is 5. The van der Waals surface area contributed by atoms with Crippen LogP contribution in [0, 0.1) is 16.0 Å². The summed E-state index contributed by atoms with van der Waals surface area (Å²) in [4.78, 5) is 13.3. The lowest BCUT2D eigenvalue weighted by Crippen LogP contribution is -2.45. The Bertz CT molecular complexity index is 592. The van der Waals surface area contributed by atoms with Crippen LogP contribution in [-0.2, 0) is 0 Å². The molecule has 25 heavy (non-hydrogen) atoms. The predicted molar refractivity (Wildman–Crippen MR) is 99.3 cm³/mol. The van der Waals surface area contributed by atoms with Crippen molar-refractivity contribution in [1.82, 2.24) is 4.90 Å². The van der Waals surface area contributed by atoms with E-state index in [1.807, 2.05) is 0 Å². The SMILES string of the molecule is COc1ccc([N+](=O)[O-])cc1NC1CCN(C2CCC(C)CC2)CC1. The van der Waals surface area contributed by atoms with Gasteiger partial charge in [-0.05, 0) is 50.5 Å². The average molecular weight is 347 g/mol. The second-order valence-electron chi connectivity index (χ2n) is 7.51. The Kier molecular flexibility index (Phi) is 5.78. The Balaban J connectivity index is 1.57. The molecule has 2 fully saturated rings. The topological polar surface area (TPSA) is 67.6 Å². The molecule has 1 aliphatic carbocycles. The minimum absolute atomic E-state index is 0.0945. The number of benzene rings is 1. The van der Waals surface area contributed by atoms with Crippen molar-refractivity contribution in [2.24, 2.45) is 5.92 Å². The highest BCUT2D eigenvalue weighted by Gasteiger charge is 2.28. The fraction of sp³-hybridized carbons (Fsp3) is 0.684. The van der Waals surface area contributed by atoms with Gasteiger partial charge in [-0.1, -0.05) is 6.92 Å². The van der Waals surface area contributed by atoms with Crippen LogP contribution >= 0.6 is 0 Å². The number of ether oxygens (including phenoxy) is 1. The van der Waals surface area contributed by atoms with Gasteiger partial charge in [-0.15, -0.1) is 0 Å². The second kappa shape index (κ2) is 8.04. The molecule has 0 unspecified atom stereocenters. The molecular weight excluding hydrogens is 318 g/mol. The monoisotopic (exact) mass is 347 g/mol. The number of nitrogens with zero attached hydrogens (tertiary/aromatic N) is 2. The molecule has 0 spiro atoms. The zero-order valence-corrected chi connectivity index (χ0v) is 15.2. The van der Waals surface area contributed by atoms with E-state index in [0.29, 0.717) is 11.8 Å². The molecule has 2 aliphatic rings. The zero-order chi connectivity index (χ0) is 17.8. The van der Waals surface area contributed by atoms with Gasteiger partial charge in [-0.25, -0.2) is 0 Å². The van der Waals surface area contributed by atoms with Gasteiger partial charge < -0.3 is 15.0 Å². The van der Waals surface area contributed by atoms with E-state index in [0.717, 1.165) is 43.6 Å². The number of piperidine rings is 1. The van der Waals surface area contributed by atoms with Gasteiger partial charge in [0.1, 0.15) is 5.75 Å². The van der Waals surface area contributed by atoms with Gasteiger partial charge in [0.2, 0.25) is 0 Å². The number of hydrogen-bond donors (Lipinski definition) is 1. The maximum absolute atomic E-state index is 11.0. The number of rotatable bonds is 5. The van der Waals surface area contributed by atoms with Crippen LogP contribution in [0.1, 0.15) is 45.4 Å². The number of likely N-dealkylation sites (tertiary alicyclic amines) is 1. The number of methoxy groups -OCH3 is 1. The van der Waals surface area contributed by atoms with Crippen LogP contribution in [-0.4, -0.2) is 42.1 Å². The van der Waals surface area contributed by atoms with Crippen LogP contribution in [0.5, 0.6) is 5.75 Å². The van der Waals surface area contributed by atoms with Crippen molar-refractivity contribution in [2.75, 3.05) is 25.5 Å². The highest BCUT2D eigenvalue weighted by atomic mass is 16.6. The van der Waals surface area contributed by atoms with Crippen molar-refractivity contribution >= 4 is 11.4 Å². The minimum atomic E-state index is -0.364. The molecule has 1 saturated heterocycles. The predicted octanol–water partition coefficient (Wildman–Crippen LogP) is 4.06. The summed E-state index contributed by atoms with van der Waals surface area (Å²) in [7, 11) is 1.60. The quantitative estimate of drug-likeness (QED) is 0.643. The van der Waals surface area contributed by atoms with Crippen LogP contribution < -0.4 is 10.1 Å². The summed E-state index contributed by atoms with van der Waals surface area (Å²) in [5, 5.41) is 14.5. The molecule has 1 heterocycles. The molecule has 6 nitrogen and oxygen atoms in total. The largest absolute Gasteiger partial charge is 0.495 e. The standard InChI is InChI=1S/C19H29N3O3/c1-14-3-5-16(6-4-14)21-11-9-15(10-12-21)20-18-13-17(22(23)24)7-8-19(18)25-2/h7-8,13-16,20H,3-6,9-12H2,1-2H3. The molecule has 0 amide bonds. The first-order valence-electron chi connectivity index (χ1n) is 9.40. The van der Waals surface area contributed by atoms with Crippen molar-refractivity contribution in [3.05, 3.63) is 28.3 Å². The zero-order valence-electron chi connectivity index (χ0n) is 15.2. The Morgan fingerprint density at radius 3 is 2.44 bits per heavy atom. The van der Waals surface area contributed by atoms with E-state index in [1.165, 1.54) is 31.7 Å². The van der Waals surface area contributed by atoms with Crippen LogP contribution in [0.2, 0.25) is 0 Å². The summed E-state index contributed by atoms with van der Waals surface area (Å²) in [6.45, 7) is 4.57. The Morgan fingerprint density at radius 1 is 1.16 bits per heavy atom. The molecule has 1 aromatic rings. The van der Waals surface area contributed by atoms with Crippen LogP contribution in [0.15, 0.2) is 18.2 Å². The summed E-state index contributed by atoms with van der Waals surface area (Å²) in [6.07, 6.45) is 7.51. The number of nitrogens with one attached hydrogen (secondary N) is 1. The Morgan fingerprint density at radius 2 is 1.84 bits per heavy atom. The van der Waals surface area contributed by atoms with Crippen molar-refractivity contribution in [2.45, 2.75) is 57.5 Å². The number of non-ortho nitro benzene ring substituents is 1. The summed E-state index contributed by atoms with van der Waals surface area (Å²) in [5.74, 6) is 1.55. The summed E-state index contributed by atoms with van der Waals surface area (Å²) in [6, 6.07) is 5.82. The van der Waals surface area contributed by atoms with Gasteiger partial charge in [-0.2, -0.15) is 0 Å². The number of nitro benzene ring substituents is 1. The molecule has 1 aromatic carbocycles. The molecule has 0 atom stereocenters. The van der Waals surface area contributed by atoms with Crippen LogP contribution in [0.25, 0.3) is 0 Å². The van der Waals surface area contributed by atoms with E-state index in [2.05, 4.69) is 17.1 Å². The van der Waals surface area contributed by atoms with Gasteiger partial charge in [0.15, 0.2) is 0 Å². The van der Waals surface area contributed by atoms with Crippen LogP contribution in [0.3, 0.4) is 0 Å². The lowest BCUT2D eigenvalue weighted by atomic mass is 9.85. The van der Waals surface area contributed by atoms with E-state index in [9.17, 15) is 10.1 Å². The summed E-state index contributed by atoms with van der Waals surface area (Å²) in [5.41, 5.74) is 0.818. The van der Waals surface area contributed by atoms with E-state index < -0.39 is 0 Å². The fourth-order valence-corrected chi connectivity index (χ4v) is 4.16. The highest BCUT2D eigenvalue weighted by molar-refractivity contribution is 5.62. The van der Waals surface area contributed by atoms with Gasteiger partial charge in [0.05, 0.1) is 17.7 Å². The first-order valence-corrected chi connectivity index (χ1v) is 9.40. The Hall–Kier alpha value is -1.82.